The van der Waals surface area contributed by atoms with Gasteiger partial charge in [0.2, 0.25) is 0 Å². The van der Waals surface area contributed by atoms with Crippen LogP contribution in [0.3, 0.4) is 0 Å². The number of urea groups is 1. The molecule has 0 aliphatic heterocycles. The van der Waals surface area contributed by atoms with Gasteiger partial charge in [-0.2, -0.15) is 0 Å². The molecule has 0 spiro atoms. The zero-order valence-electron chi connectivity index (χ0n) is 22.2. The van der Waals surface area contributed by atoms with E-state index in [-0.39, 0.29) is 17.7 Å². The Bertz CT molecular complexity index is 1630. The van der Waals surface area contributed by atoms with E-state index < -0.39 is 6.36 Å². The van der Waals surface area contributed by atoms with E-state index >= 15 is 0 Å². The van der Waals surface area contributed by atoms with E-state index in [9.17, 15) is 18.0 Å². The second-order valence-corrected chi connectivity index (χ2v) is 9.50. The Kier molecular flexibility index (Phi) is 7.73. The van der Waals surface area contributed by atoms with Gasteiger partial charge in [0.25, 0.3) is 0 Å². The van der Waals surface area contributed by atoms with Crippen molar-refractivity contribution in [2.24, 2.45) is 0 Å². The van der Waals surface area contributed by atoms with Gasteiger partial charge in [-0.1, -0.05) is 62.4 Å². The van der Waals surface area contributed by atoms with Gasteiger partial charge in [0, 0.05) is 16.8 Å². The molecule has 0 bridgehead atoms. The molecule has 1 heterocycles. The lowest BCUT2D eigenvalue weighted by atomic mass is 9.94. The summed E-state index contributed by atoms with van der Waals surface area (Å²) in [4.78, 5) is 17.3. The van der Waals surface area contributed by atoms with Crippen LogP contribution in [0.4, 0.5) is 29.3 Å². The highest BCUT2D eigenvalue weighted by Gasteiger charge is 2.31. The third-order valence-electron chi connectivity index (χ3n) is 6.27. The van der Waals surface area contributed by atoms with Gasteiger partial charge in [-0.3, -0.25) is 0 Å². The number of anilines is 2. The molecule has 0 fully saturated rings. The van der Waals surface area contributed by atoms with Gasteiger partial charge >= 0.3 is 12.4 Å². The Labute approximate surface area is 234 Å². The Morgan fingerprint density at radius 1 is 0.829 bits per heavy atom. The number of hydrogen-bond acceptors (Lipinski definition) is 4. The lowest BCUT2D eigenvalue weighted by Gasteiger charge is -2.19. The van der Waals surface area contributed by atoms with Gasteiger partial charge in [0.05, 0.1) is 11.4 Å². The maximum absolute atomic E-state index is 13.0. The molecule has 0 radical (unpaired) electrons. The number of nitrogens with zero attached hydrogens (tertiary/aromatic N) is 3. The molecule has 0 saturated heterocycles. The molecule has 2 amide bonds. The smallest absolute Gasteiger partial charge is 0.406 e. The standard InChI is InChI=1S/C31H26F3N5O2/c1-20(2)26-9-6-10-27(21-7-4-3-5-8-21)28(26)37-30(40)36-23-13-11-22(12-14-23)29-35-19-39(38-29)24-15-17-25(18-16-24)41-31(32,33)34/h3-20H,1-2H3,(H2,36,37,40). The first kappa shape index (κ1) is 27.4. The molecule has 1 aromatic heterocycles. The SMILES string of the molecule is CC(C)c1cccc(-c2ccccc2)c1NC(=O)Nc1ccc(-c2ncn(-c3ccc(OC(F)(F)F)cc3)n2)cc1. The van der Waals surface area contributed by atoms with Gasteiger partial charge in [0.1, 0.15) is 12.1 Å². The van der Waals surface area contributed by atoms with Crippen LogP contribution in [0.2, 0.25) is 0 Å². The summed E-state index contributed by atoms with van der Waals surface area (Å²) in [5, 5.41) is 10.3. The fraction of sp³-hybridized carbons (Fsp3) is 0.129. The van der Waals surface area contributed by atoms with Crippen LogP contribution < -0.4 is 15.4 Å². The van der Waals surface area contributed by atoms with Crippen molar-refractivity contribution in [3.05, 3.63) is 109 Å². The minimum atomic E-state index is -4.76. The topological polar surface area (TPSA) is 81.1 Å². The first-order valence-corrected chi connectivity index (χ1v) is 12.8. The fourth-order valence-corrected chi connectivity index (χ4v) is 4.35. The molecule has 0 aliphatic carbocycles. The summed E-state index contributed by atoms with van der Waals surface area (Å²) in [6.07, 6.45) is -3.29. The molecule has 0 atom stereocenters. The van der Waals surface area contributed by atoms with Crippen LogP contribution in [-0.2, 0) is 0 Å². The lowest BCUT2D eigenvalue weighted by molar-refractivity contribution is -0.274. The number of nitrogens with one attached hydrogen (secondary N) is 2. The molecule has 4 aromatic carbocycles. The van der Waals surface area contributed by atoms with Crippen LogP contribution >= 0.6 is 0 Å². The number of halogens is 3. The van der Waals surface area contributed by atoms with Gasteiger partial charge < -0.3 is 15.4 Å². The number of rotatable bonds is 7. The molecular weight excluding hydrogens is 531 g/mol. The second-order valence-electron chi connectivity index (χ2n) is 9.50. The van der Waals surface area contributed by atoms with E-state index in [4.69, 9.17) is 0 Å². The van der Waals surface area contributed by atoms with Crippen molar-refractivity contribution in [1.29, 1.82) is 0 Å². The Morgan fingerprint density at radius 3 is 2.20 bits per heavy atom. The fourth-order valence-electron chi connectivity index (χ4n) is 4.35. The van der Waals surface area contributed by atoms with Crippen LogP contribution in [0, 0.1) is 0 Å². The van der Waals surface area contributed by atoms with Crippen molar-refractivity contribution in [3.63, 3.8) is 0 Å². The van der Waals surface area contributed by atoms with E-state index in [1.165, 1.54) is 35.3 Å². The highest BCUT2D eigenvalue weighted by Crippen LogP contribution is 2.35. The van der Waals surface area contributed by atoms with Crippen molar-refractivity contribution in [3.8, 4) is 34.0 Å². The third-order valence-corrected chi connectivity index (χ3v) is 6.27. The van der Waals surface area contributed by atoms with E-state index in [1.54, 1.807) is 24.3 Å². The quantitative estimate of drug-likeness (QED) is 0.211. The van der Waals surface area contributed by atoms with Crippen molar-refractivity contribution in [1.82, 2.24) is 14.8 Å². The average molecular weight is 558 g/mol. The van der Waals surface area contributed by atoms with Gasteiger partial charge in [0.15, 0.2) is 5.82 Å². The van der Waals surface area contributed by atoms with E-state index in [0.717, 1.165) is 22.4 Å². The average Bonchev–Trinajstić information content (AvgIpc) is 3.44. The lowest BCUT2D eigenvalue weighted by Crippen LogP contribution is -2.21. The van der Waals surface area contributed by atoms with E-state index in [1.807, 2.05) is 48.5 Å². The molecule has 7 nitrogen and oxygen atoms in total. The zero-order valence-corrected chi connectivity index (χ0v) is 22.2. The molecule has 0 aliphatic rings. The minimum Gasteiger partial charge on any atom is -0.406 e. The largest absolute Gasteiger partial charge is 0.573 e. The first-order valence-electron chi connectivity index (χ1n) is 12.8. The highest BCUT2D eigenvalue weighted by molar-refractivity contribution is 6.03. The number of alkyl halides is 3. The molecular formula is C31H26F3N5O2. The monoisotopic (exact) mass is 557 g/mol. The molecule has 0 unspecified atom stereocenters. The Balaban J connectivity index is 1.28. The maximum Gasteiger partial charge on any atom is 0.573 e. The van der Waals surface area contributed by atoms with E-state index in [0.29, 0.717) is 22.8 Å². The number of ether oxygens (including phenoxy) is 1. The van der Waals surface area contributed by atoms with Crippen LogP contribution in [0.25, 0.3) is 28.2 Å². The second kappa shape index (κ2) is 11.5. The normalized spacial score (nSPS) is 11.4. The van der Waals surface area contributed by atoms with Gasteiger partial charge in [-0.15, -0.1) is 18.3 Å². The highest BCUT2D eigenvalue weighted by atomic mass is 19.4. The maximum atomic E-state index is 13.0. The summed E-state index contributed by atoms with van der Waals surface area (Å²) in [6, 6.07) is 27.9. The number of carbonyl (C=O) groups is 1. The predicted molar refractivity (Wildman–Crippen MR) is 152 cm³/mol. The number of benzene rings is 4. The third kappa shape index (κ3) is 6.73. The van der Waals surface area contributed by atoms with E-state index in [2.05, 4.69) is 39.3 Å². The summed E-state index contributed by atoms with van der Waals surface area (Å²) in [6.45, 7) is 4.16. The van der Waals surface area contributed by atoms with Crippen molar-refractivity contribution in [2.75, 3.05) is 10.6 Å². The number of aromatic nitrogens is 3. The summed E-state index contributed by atoms with van der Waals surface area (Å²) in [7, 11) is 0. The van der Waals surface area contributed by atoms with Crippen LogP contribution in [-0.4, -0.2) is 27.2 Å². The van der Waals surface area contributed by atoms with Crippen LogP contribution in [0.5, 0.6) is 5.75 Å². The summed E-state index contributed by atoms with van der Waals surface area (Å²) in [5.41, 5.74) is 5.53. The minimum absolute atomic E-state index is 0.201. The van der Waals surface area contributed by atoms with Crippen LogP contribution in [0.15, 0.2) is 103 Å². The summed E-state index contributed by atoms with van der Waals surface area (Å²) >= 11 is 0. The molecule has 5 aromatic rings. The summed E-state index contributed by atoms with van der Waals surface area (Å²) < 4.78 is 42.6. The Hall–Kier alpha value is -5.12. The van der Waals surface area contributed by atoms with Crippen molar-refractivity contribution in [2.45, 2.75) is 26.1 Å². The van der Waals surface area contributed by atoms with Gasteiger partial charge in [-0.05, 0) is 65.6 Å². The van der Waals surface area contributed by atoms with Crippen molar-refractivity contribution < 1.29 is 22.7 Å². The molecule has 5 rings (SSSR count). The van der Waals surface area contributed by atoms with Crippen molar-refractivity contribution >= 4 is 17.4 Å². The molecule has 41 heavy (non-hydrogen) atoms. The number of carbonyl (C=O) groups excluding carboxylic acids is 1. The zero-order chi connectivity index (χ0) is 29.0. The predicted octanol–water partition coefficient (Wildman–Crippen LogP) is 8.27. The number of hydrogen-bond donors (Lipinski definition) is 2. The Morgan fingerprint density at radius 2 is 1.54 bits per heavy atom. The molecule has 208 valence electrons. The molecule has 0 saturated carbocycles. The molecule has 2 N–H and O–H groups in total. The molecule has 10 heteroatoms. The first-order chi connectivity index (χ1) is 19.7. The summed E-state index contributed by atoms with van der Waals surface area (Å²) in [5.74, 6) is 0.291. The van der Waals surface area contributed by atoms with Gasteiger partial charge in [-0.25, -0.2) is 14.5 Å². The number of para-hydroxylation sites is 1. The number of amides is 2. The van der Waals surface area contributed by atoms with Crippen LogP contribution in [0.1, 0.15) is 25.3 Å².